The van der Waals surface area contributed by atoms with Crippen LogP contribution in [-0.4, -0.2) is 9.78 Å². The van der Waals surface area contributed by atoms with E-state index in [1.165, 1.54) is 10.9 Å². The Bertz CT molecular complexity index is 252. The Morgan fingerprint density at radius 3 is 2.38 bits per heavy atom. The van der Waals surface area contributed by atoms with Gasteiger partial charge < -0.3 is 5.73 Å². The van der Waals surface area contributed by atoms with Gasteiger partial charge in [-0.1, -0.05) is 0 Å². The van der Waals surface area contributed by atoms with Crippen LogP contribution in [0, 0.1) is 0 Å². The highest BCUT2D eigenvalue weighted by Crippen LogP contribution is 2.19. The number of nitrogens with zero attached hydrogens (tertiary/aromatic N) is 2. The lowest BCUT2D eigenvalue weighted by Gasteiger charge is -1.94. The van der Waals surface area contributed by atoms with Crippen LogP contribution in [0.5, 0.6) is 0 Å². The van der Waals surface area contributed by atoms with Crippen molar-refractivity contribution in [2.24, 2.45) is 12.8 Å². The molecule has 0 bridgehead atoms. The van der Waals surface area contributed by atoms with Crippen LogP contribution in [0.4, 0.5) is 8.78 Å². The maximum Gasteiger partial charge on any atom is 0.282 e. The van der Waals surface area contributed by atoms with Crippen molar-refractivity contribution in [1.29, 1.82) is 0 Å². The molecule has 0 saturated carbocycles. The minimum Gasteiger partial charge on any atom is -0.326 e. The lowest BCUT2D eigenvalue weighted by atomic mass is 10.2. The molecule has 0 aromatic carbocycles. The quantitative estimate of drug-likeness (QED) is 0.845. The molecule has 2 N–H and O–H groups in total. The van der Waals surface area contributed by atoms with Crippen LogP contribution in [0.2, 0.25) is 0 Å². The monoisotopic (exact) mass is 233 g/mol. The van der Waals surface area contributed by atoms with Crippen molar-refractivity contribution in [2.75, 3.05) is 0 Å². The van der Waals surface area contributed by atoms with E-state index >= 15 is 0 Å². The number of aryl methyl sites for hydroxylation is 1. The molecular weight excluding hydrogens is 223 g/mol. The molecule has 13 heavy (non-hydrogen) atoms. The lowest BCUT2D eigenvalue weighted by molar-refractivity contribution is 0.144. The minimum absolute atomic E-state index is 0. The van der Waals surface area contributed by atoms with Crippen LogP contribution < -0.4 is 5.73 Å². The Morgan fingerprint density at radius 1 is 1.54 bits per heavy atom. The average Bonchev–Trinajstić information content (AvgIpc) is 2.30. The number of hydrogen-bond donors (Lipinski definition) is 1. The lowest BCUT2D eigenvalue weighted by Crippen LogP contribution is -1.99. The Kier molecular flexibility index (Phi) is 7.11. The molecule has 1 aromatic heterocycles. The van der Waals surface area contributed by atoms with Crippen LogP contribution in [0.3, 0.4) is 0 Å². The molecule has 78 valence electrons. The normalized spacial score (nSPS) is 9.31. The van der Waals surface area contributed by atoms with E-state index in [1.54, 1.807) is 7.05 Å². The maximum atomic E-state index is 12.1. The van der Waals surface area contributed by atoms with E-state index < -0.39 is 6.43 Å². The largest absolute Gasteiger partial charge is 0.326 e. The highest BCUT2D eigenvalue weighted by Gasteiger charge is 2.15. The molecule has 0 aliphatic heterocycles. The van der Waals surface area contributed by atoms with E-state index in [9.17, 15) is 8.78 Å². The molecule has 1 rings (SSSR count). The van der Waals surface area contributed by atoms with Gasteiger partial charge in [-0.3, -0.25) is 4.68 Å². The van der Waals surface area contributed by atoms with Gasteiger partial charge >= 0.3 is 0 Å². The summed E-state index contributed by atoms with van der Waals surface area (Å²) in [5, 5.41) is 3.57. The fourth-order valence-electron chi connectivity index (χ4n) is 0.896. The summed E-state index contributed by atoms with van der Waals surface area (Å²) in [4.78, 5) is 0. The molecule has 3 nitrogen and oxygen atoms in total. The first kappa shape index (κ1) is 15.1. The van der Waals surface area contributed by atoms with Crippen molar-refractivity contribution in [3.05, 3.63) is 17.5 Å². The number of hydrogen-bond acceptors (Lipinski definition) is 2. The Hall–Kier alpha value is -0.390. The minimum atomic E-state index is -2.53. The molecule has 0 unspecified atom stereocenters. The molecular formula is C6H11Cl2F2N3. The molecule has 0 atom stereocenters. The van der Waals surface area contributed by atoms with Crippen LogP contribution in [-0.2, 0) is 13.6 Å². The Morgan fingerprint density at radius 2 is 2.08 bits per heavy atom. The average molecular weight is 234 g/mol. The van der Waals surface area contributed by atoms with Crippen molar-refractivity contribution < 1.29 is 8.78 Å². The van der Waals surface area contributed by atoms with Gasteiger partial charge in [0.1, 0.15) is 5.69 Å². The van der Waals surface area contributed by atoms with Crippen molar-refractivity contribution >= 4 is 24.8 Å². The fraction of sp³-hybridized carbons (Fsp3) is 0.500. The van der Waals surface area contributed by atoms with E-state index in [-0.39, 0.29) is 37.1 Å². The van der Waals surface area contributed by atoms with E-state index in [1.807, 2.05) is 0 Å². The number of aromatic nitrogens is 2. The summed E-state index contributed by atoms with van der Waals surface area (Å²) >= 11 is 0. The highest BCUT2D eigenvalue weighted by molar-refractivity contribution is 5.85. The van der Waals surface area contributed by atoms with Crippen LogP contribution in [0.1, 0.15) is 17.7 Å². The van der Waals surface area contributed by atoms with Crippen molar-refractivity contribution in [3.63, 3.8) is 0 Å². The molecule has 0 aliphatic carbocycles. The molecule has 0 amide bonds. The number of nitrogens with two attached hydrogens (primary N) is 1. The summed E-state index contributed by atoms with van der Waals surface area (Å²) in [5.74, 6) is 0. The van der Waals surface area contributed by atoms with Gasteiger partial charge in [0.25, 0.3) is 6.43 Å². The second-order valence-electron chi connectivity index (χ2n) is 2.22. The van der Waals surface area contributed by atoms with Crippen LogP contribution in [0.25, 0.3) is 0 Å². The van der Waals surface area contributed by atoms with Gasteiger partial charge in [-0.05, 0) is 0 Å². The molecule has 0 saturated heterocycles. The van der Waals surface area contributed by atoms with E-state index in [4.69, 9.17) is 5.73 Å². The SMILES string of the molecule is Cl.Cl.Cn1cc(CN)c(C(F)F)n1. The summed E-state index contributed by atoms with van der Waals surface area (Å²) in [6, 6.07) is 0. The fourth-order valence-corrected chi connectivity index (χ4v) is 0.896. The van der Waals surface area contributed by atoms with Crippen molar-refractivity contribution in [1.82, 2.24) is 9.78 Å². The zero-order valence-electron chi connectivity index (χ0n) is 6.91. The second kappa shape index (κ2) is 6.12. The molecule has 1 aromatic rings. The summed E-state index contributed by atoms with van der Waals surface area (Å²) in [5.41, 5.74) is 5.41. The third-order valence-corrected chi connectivity index (χ3v) is 1.36. The third-order valence-electron chi connectivity index (χ3n) is 1.36. The van der Waals surface area contributed by atoms with E-state index in [2.05, 4.69) is 5.10 Å². The van der Waals surface area contributed by atoms with Crippen LogP contribution in [0.15, 0.2) is 6.20 Å². The van der Waals surface area contributed by atoms with Gasteiger partial charge in [0.05, 0.1) is 0 Å². The maximum absolute atomic E-state index is 12.1. The highest BCUT2D eigenvalue weighted by atomic mass is 35.5. The second-order valence-corrected chi connectivity index (χ2v) is 2.22. The summed E-state index contributed by atoms with van der Waals surface area (Å²) in [6.45, 7) is 0.105. The van der Waals surface area contributed by atoms with E-state index in [0.29, 0.717) is 5.56 Å². The molecule has 1 heterocycles. The van der Waals surface area contributed by atoms with E-state index in [0.717, 1.165) is 0 Å². The number of rotatable bonds is 2. The zero-order chi connectivity index (χ0) is 8.43. The summed E-state index contributed by atoms with van der Waals surface area (Å²) in [7, 11) is 1.59. The van der Waals surface area contributed by atoms with Crippen molar-refractivity contribution in [2.45, 2.75) is 13.0 Å². The number of halogens is 4. The van der Waals surface area contributed by atoms with Gasteiger partial charge in [-0.2, -0.15) is 5.10 Å². The summed E-state index contributed by atoms with van der Waals surface area (Å²) in [6.07, 6.45) is -1.03. The van der Waals surface area contributed by atoms with Gasteiger partial charge in [0, 0.05) is 25.4 Å². The predicted molar refractivity (Wildman–Crippen MR) is 50.6 cm³/mol. The summed E-state index contributed by atoms with van der Waals surface area (Å²) < 4.78 is 25.5. The number of alkyl halides is 2. The van der Waals surface area contributed by atoms with Gasteiger partial charge in [0.2, 0.25) is 0 Å². The molecule has 0 spiro atoms. The van der Waals surface area contributed by atoms with Gasteiger partial charge in [-0.25, -0.2) is 8.78 Å². The first-order valence-corrected chi connectivity index (χ1v) is 3.15. The standard InChI is InChI=1S/C6H9F2N3.2ClH/c1-11-3-4(2-9)5(10-11)6(7)8;;/h3,6H,2,9H2,1H3;2*1H. The smallest absolute Gasteiger partial charge is 0.282 e. The van der Waals surface area contributed by atoms with Crippen molar-refractivity contribution in [3.8, 4) is 0 Å². The van der Waals surface area contributed by atoms with Crippen LogP contribution >= 0.6 is 24.8 Å². The zero-order valence-corrected chi connectivity index (χ0v) is 8.54. The topological polar surface area (TPSA) is 43.8 Å². The van der Waals surface area contributed by atoms with Gasteiger partial charge in [-0.15, -0.1) is 24.8 Å². The van der Waals surface area contributed by atoms with Gasteiger partial charge in [0.15, 0.2) is 0 Å². The first-order chi connectivity index (χ1) is 5.15. The first-order valence-electron chi connectivity index (χ1n) is 3.15. The molecule has 7 heteroatoms. The Labute approximate surface area is 87.1 Å². The Balaban J connectivity index is 0. The molecule has 0 fully saturated rings. The predicted octanol–water partition coefficient (Wildman–Crippen LogP) is 1.66. The molecule has 0 radical (unpaired) electrons. The molecule has 0 aliphatic rings. The third kappa shape index (κ3) is 3.46.